The van der Waals surface area contributed by atoms with Gasteiger partial charge in [0.1, 0.15) is 18.3 Å². The summed E-state index contributed by atoms with van der Waals surface area (Å²) >= 11 is 0. The van der Waals surface area contributed by atoms with Crippen molar-refractivity contribution in [3.8, 4) is 0 Å². The lowest BCUT2D eigenvalue weighted by Gasteiger charge is -2.31. The summed E-state index contributed by atoms with van der Waals surface area (Å²) in [6.07, 6.45) is -5.23. The minimum atomic E-state index is -1.41. The summed E-state index contributed by atoms with van der Waals surface area (Å²) in [5, 5.41) is 35.3. The Morgan fingerprint density at radius 3 is 2.10 bits per heavy atom. The summed E-state index contributed by atoms with van der Waals surface area (Å²) in [5.41, 5.74) is 0. The Morgan fingerprint density at radius 2 is 1.60 bits per heavy atom. The van der Waals surface area contributed by atoms with Gasteiger partial charge in [-0.05, 0) is 0 Å². The third kappa shape index (κ3) is 1.28. The second-order valence-corrected chi connectivity index (χ2v) is 2.27. The van der Waals surface area contributed by atoms with Gasteiger partial charge in [0.2, 0.25) is 0 Å². The first-order valence-electron chi connectivity index (χ1n) is 2.97. The molecule has 1 rings (SSSR count). The fraction of sp³-hybridized carbons (Fsp3) is 1.00. The van der Waals surface area contributed by atoms with E-state index in [1.165, 1.54) is 0 Å². The van der Waals surface area contributed by atoms with Crippen LogP contribution in [0.1, 0.15) is 0 Å². The molecule has 0 aromatic heterocycles. The van der Waals surface area contributed by atoms with Crippen molar-refractivity contribution in [3.63, 3.8) is 0 Å². The normalized spacial score (nSPS) is 49.2. The first kappa shape index (κ1) is 7.90. The van der Waals surface area contributed by atoms with E-state index in [2.05, 4.69) is 4.74 Å². The molecule has 0 saturated carbocycles. The van der Waals surface area contributed by atoms with E-state index in [1.54, 1.807) is 0 Å². The van der Waals surface area contributed by atoms with Gasteiger partial charge < -0.3 is 25.2 Å². The van der Waals surface area contributed by atoms with Gasteiger partial charge in [-0.2, -0.15) is 0 Å². The fourth-order valence-electron chi connectivity index (χ4n) is 0.791. The molecule has 5 nitrogen and oxygen atoms in total. The van der Waals surface area contributed by atoms with Crippen molar-refractivity contribution >= 4 is 0 Å². The molecule has 0 aliphatic carbocycles. The van der Waals surface area contributed by atoms with Crippen molar-refractivity contribution in [1.29, 1.82) is 0 Å². The molecule has 60 valence electrons. The van der Waals surface area contributed by atoms with Gasteiger partial charge in [-0.15, -0.1) is 0 Å². The van der Waals surface area contributed by atoms with E-state index in [4.69, 9.17) is 20.4 Å². The molecule has 1 heterocycles. The van der Waals surface area contributed by atoms with Gasteiger partial charge in [-0.3, -0.25) is 0 Å². The van der Waals surface area contributed by atoms with Crippen LogP contribution in [0.2, 0.25) is 0 Å². The third-order valence-electron chi connectivity index (χ3n) is 1.47. The Labute approximate surface area is 57.5 Å². The molecule has 4 N–H and O–H groups in total. The highest BCUT2D eigenvalue weighted by atomic mass is 16.6. The zero-order chi connectivity index (χ0) is 7.72. The molecule has 3 unspecified atom stereocenters. The minimum absolute atomic E-state index is 0.153. The van der Waals surface area contributed by atoms with Gasteiger partial charge >= 0.3 is 0 Å². The molecule has 0 spiro atoms. The number of hydrogen-bond donors (Lipinski definition) is 4. The molecule has 0 bridgehead atoms. The highest BCUT2D eigenvalue weighted by Gasteiger charge is 2.36. The Kier molecular flexibility index (Phi) is 2.22. The number of ether oxygens (including phenoxy) is 1. The highest BCUT2D eigenvalue weighted by molar-refractivity contribution is 4.81. The van der Waals surface area contributed by atoms with Crippen molar-refractivity contribution in [3.05, 3.63) is 0 Å². The van der Waals surface area contributed by atoms with Crippen molar-refractivity contribution in [2.45, 2.75) is 24.6 Å². The monoisotopic (exact) mass is 150 g/mol. The van der Waals surface area contributed by atoms with E-state index < -0.39 is 24.6 Å². The molecule has 0 amide bonds. The standard InChI is InChI=1S/C5H10O5/c6-2-1-10-5(9)4(8)3(2)7/h2-9H,1H2/t2?,3?,4?,5-/m1/s1. The second kappa shape index (κ2) is 2.81. The molecular weight excluding hydrogens is 140 g/mol. The molecule has 1 aliphatic rings. The zero-order valence-corrected chi connectivity index (χ0v) is 5.21. The van der Waals surface area contributed by atoms with Crippen LogP contribution in [0.25, 0.3) is 0 Å². The van der Waals surface area contributed by atoms with Crippen LogP contribution in [0.5, 0.6) is 0 Å². The van der Waals surface area contributed by atoms with Crippen LogP contribution in [0.3, 0.4) is 0 Å². The maximum Gasteiger partial charge on any atom is 0.183 e. The summed E-state index contributed by atoms with van der Waals surface area (Å²) in [4.78, 5) is 0. The van der Waals surface area contributed by atoms with E-state index in [0.29, 0.717) is 0 Å². The Bertz CT molecular complexity index is 103. The predicted molar refractivity (Wildman–Crippen MR) is 30.0 cm³/mol. The number of rotatable bonds is 0. The smallest absolute Gasteiger partial charge is 0.183 e. The van der Waals surface area contributed by atoms with Crippen LogP contribution in [0, 0.1) is 0 Å². The summed E-state index contributed by atoms with van der Waals surface area (Å²) in [6.45, 7) is -0.153. The van der Waals surface area contributed by atoms with Crippen LogP contribution >= 0.6 is 0 Å². The predicted octanol–water partition coefficient (Wildman–Crippen LogP) is -2.58. The summed E-state index contributed by atoms with van der Waals surface area (Å²) in [6, 6.07) is 0. The molecule has 5 heteroatoms. The number of aliphatic hydroxyl groups is 4. The lowest BCUT2D eigenvalue weighted by molar-refractivity contribution is -0.252. The fourth-order valence-corrected chi connectivity index (χ4v) is 0.791. The second-order valence-electron chi connectivity index (χ2n) is 2.27. The largest absolute Gasteiger partial charge is 0.388 e. The highest BCUT2D eigenvalue weighted by Crippen LogP contribution is 2.12. The van der Waals surface area contributed by atoms with Gasteiger partial charge in [0.05, 0.1) is 6.61 Å². The quantitative estimate of drug-likeness (QED) is 0.304. The van der Waals surface area contributed by atoms with Gasteiger partial charge in [-0.25, -0.2) is 0 Å². The lowest BCUT2D eigenvalue weighted by atomic mass is 10.1. The number of hydrogen-bond acceptors (Lipinski definition) is 5. The minimum Gasteiger partial charge on any atom is -0.388 e. The average Bonchev–Trinajstić information content (AvgIpc) is 1.93. The zero-order valence-electron chi connectivity index (χ0n) is 5.21. The van der Waals surface area contributed by atoms with E-state index in [9.17, 15) is 0 Å². The molecule has 0 aromatic carbocycles. The van der Waals surface area contributed by atoms with Crippen LogP contribution in [0.4, 0.5) is 0 Å². The van der Waals surface area contributed by atoms with Crippen molar-refractivity contribution in [1.82, 2.24) is 0 Å². The van der Waals surface area contributed by atoms with Crippen LogP contribution in [0.15, 0.2) is 0 Å². The molecule has 10 heavy (non-hydrogen) atoms. The molecule has 1 fully saturated rings. The van der Waals surface area contributed by atoms with E-state index >= 15 is 0 Å². The molecule has 4 atom stereocenters. The van der Waals surface area contributed by atoms with E-state index in [0.717, 1.165) is 0 Å². The van der Waals surface area contributed by atoms with Crippen molar-refractivity contribution in [2.75, 3.05) is 6.61 Å². The summed E-state index contributed by atoms with van der Waals surface area (Å²) in [7, 11) is 0. The van der Waals surface area contributed by atoms with Crippen molar-refractivity contribution in [2.24, 2.45) is 0 Å². The Hall–Kier alpha value is -0.200. The lowest BCUT2D eigenvalue weighted by Crippen LogP contribution is -2.52. The van der Waals surface area contributed by atoms with E-state index in [-0.39, 0.29) is 6.61 Å². The van der Waals surface area contributed by atoms with Crippen LogP contribution in [-0.4, -0.2) is 51.6 Å². The summed E-state index contributed by atoms with van der Waals surface area (Å²) < 4.78 is 4.47. The molecular formula is C5H10O5. The van der Waals surface area contributed by atoms with Gasteiger partial charge in [0, 0.05) is 0 Å². The molecule has 1 aliphatic heterocycles. The van der Waals surface area contributed by atoms with Crippen LogP contribution < -0.4 is 0 Å². The first-order chi connectivity index (χ1) is 4.63. The molecule has 0 aromatic rings. The van der Waals surface area contributed by atoms with Crippen molar-refractivity contribution < 1.29 is 25.2 Å². The summed E-state index contributed by atoms with van der Waals surface area (Å²) in [5.74, 6) is 0. The number of aliphatic hydroxyl groups excluding tert-OH is 4. The van der Waals surface area contributed by atoms with E-state index in [1.807, 2.05) is 0 Å². The Morgan fingerprint density at radius 1 is 1.00 bits per heavy atom. The van der Waals surface area contributed by atoms with Gasteiger partial charge in [0.25, 0.3) is 0 Å². The maximum absolute atomic E-state index is 8.88. The Balaban J connectivity index is 2.52. The topological polar surface area (TPSA) is 90.2 Å². The van der Waals surface area contributed by atoms with Gasteiger partial charge in [0.15, 0.2) is 6.29 Å². The van der Waals surface area contributed by atoms with Gasteiger partial charge in [-0.1, -0.05) is 0 Å². The first-order valence-corrected chi connectivity index (χ1v) is 2.97. The van der Waals surface area contributed by atoms with Crippen LogP contribution in [-0.2, 0) is 4.74 Å². The third-order valence-corrected chi connectivity index (χ3v) is 1.47. The molecule has 0 radical (unpaired) electrons. The average molecular weight is 150 g/mol. The molecule has 1 saturated heterocycles. The SMILES string of the molecule is OC1CO[C@@H](O)C(O)C1O. The maximum atomic E-state index is 8.88.